The van der Waals surface area contributed by atoms with E-state index in [1.165, 1.54) is 12.3 Å². The summed E-state index contributed by atoms with van der Waals surface area (Å²) in [6.45, 7) is 1.95. The zero-order valence-electron chi connectivity index (χ0n) is 9.34. The van der Waals surface area contributed by atoms with Crippen molar-refractivity contribution in [1.29, 1.82) is 0 Å². The molecule has 0 aliphatic heterocycles. The lowest BCUT2D eigenvalue weighted by atomic mass is 10.1. The topological polar surface area (TPSA) is 62.2 Å². The molecule has 0 aliphatic rings. The number of amides is 1. The molecule has 4 heteroatoms. The molecule has 0 aliphatic carbocycles. The molecule has 0 radical (unpaired) electrons. The van der Waals surface area contributed by atoms with Crippen molar-refractivity contribution in [3.05, 3.63) is 53.7 Å². The third-order valence-electron chi connectivity index (χ3n) is 2.33. The van der Waals surface area contributed by atoms with E-state index in [0.717, 1.165) is 5.56 Å². The van der Waals surface area contributed by atoms with Crippen LogP contribution < -0.4 is 5.32 Å². The number of aromatic nitrogens is 1. The third kappa shape index (κ3) is 2.60. The van der Waals surface area contributed by atoms with Gasteiger partial charge >= 0.3 is 0 Å². The second-order valence-electron chi connectivity index (χ2n) is 3.69. The van der Waals surface area contributed by atoms with Crippen molar-refractivity contribution >= 4 is 11.7 Å². The summed E-state index contributed by atoms with van der Waals surface area (Å²) in [5, 5.41) is 12.0. The van der Waals surface area contributed by atoms with E-state index in [2.05, 4.69) is 10.3 Å². The van der Waals surface area contributed by atoms with Gasteiger partial charge in [0.25, 0.3) is 5.91 Å². The Kier molecular flexibility index (Phi) is 3.05. The van der Waals surface area contributed by atoms with Crippen molar-refractivity contribution in [1.82, 2.24) is 4.98 Å². The van der Waals surface area contributed by atoms with Crippen LogP contribution in [-0.2, 0) is 0 Å². The maximum absolute atomic E-state index is 11.8. The Labute approximate surface area is 98.9 Å². The average molecular weight is 228 g/mol. The van der Waals surface area contributed by atoms with Gasteiger partial charge in [-0.3, -0.25) is 4.79 Å². The van der Waals surface area contributed by atoms with Crippen LogP contribution in [0.5, 0.6) is 5.75 Å². The molecule has 17 heavy (non-hydrogen) atoms. The van der Waals surface area contributed by atoms with E-state index in [4.69, 9.17) is 0 Å². The third-order valence-corrected chi connectivity index (χ3v) is 2.33. The fourth-order valence-electron chi connectivity index (χ4n) is 1.38. The van der Waals surface area contributed by atoms with E-state index in [0.29, 0.717) is 5.56 Å². The second kappa shape index (κ2) is 4.65. The standard InChI is InChI=1S/C13H12N2O2/c1-9-4-6-10(7-5-9)13(17)15-12-11(16)3-2-8-14-12/h2-8,16H,1H3,(H,14,15,17). The highest BCUT2D eigenvalue weighted by atomic mass is 16.3. The van der Waals surface area contributed by atoms with Crippen LogP contribution in [0, 0.1) is 6.92 Å². The second-order valence-corrected chi connectivity index (χ2v) is 3.69. The minimum atomic E-state index is -0.293. The SMILES string of the molecule is Cc1ccc(C(=O)Nc2ncccc2O)cc1. The van der Waals surface area contributed by atoms with Gasteiger partial charge in [0.1, 0.15) is 0 Å². The highest BCUT2D eigenvalue weighted by Crippen LogP contribution is 2.19. The number of nitrogens with zero attached hydrogens (tertiary/aromatic N) is 1. The van der Waals surface area contributed by atoms with Gasteiger partial charge < -0.3 is 10.4 Å². The van der Waals surface area contributed by atoms with Gasteiger partial charge in [0.15, 0.2) is 11.6 Å². The van der Waals surface area contributed by atoms with Gasteiger partial charge in [-0.25, -0.2) is 4.98 Å². The number of hydrogen-bond donors (Lipinski definition) is 2. The summed E-state index contributed by atoms with van der Waals surface area (Å²) in [6, 6.07) is 10.2. The van der Waals surface area contributed by atoms with Gasteiger partial charge in [-0.15, -0.1) is 0 Å². The number of rotatable bonds is 2. The molecular formula is C13H12N2O2. The number of anilines is 1. The Hall–Kier alpha value is -2.36. The number of benzene rings is 1. The Bertz CT molecular complexity index is 535. The number of pyridine rings is 1. The van der Waals surface area contributed by atoms with E-state index in [1.54, 1.807) is 18.2 Å². The normalized spacial score (nSPS) is 9.94. The summed E-state index contributed by atoms with van der Waals surface area (Å²) in [6.07, 6.45) is 1.50. The molecule has 0 fully saturated rings. The van der Waals surface area contributed by atoms with Crippen LogP contribution in [0.15, 0.2) is 42.6 Å². The fourth-order valence-corrected chi connectivity index (χ4v) is 1.38. The zero-order chi connectivity index (χ0) is 12.3. The Morgan fingerprint density at radius 2 is 1.94 bits per heavy atom. The Morgan fingerprint density at radius 3 is 2.59 bits per heavy atom. The monoisotopic (exact) mass is 228 g/mol. The lowest BCUT2D eigenvalue weighted by Crippen LogP contribution is -2.12. The molecule has 1 heterocycles. The molecule has 2 aromatic rings. The number of aromatic hydroxyl groups is 1. The van der Waals surface area contributed by atoms with Crippen LogP contribution in [-0.4, -0.2) is 16.0 Å². The van der Waals surface area contributed by atoms with Crippen LogP contribution in [0.2, 0.25) is 0 Å². The summed E-state index contributed by atoms with van der Waals surface area (Å²) in [4.78, 5) is 15.7. The Balaban J connectivity index is 2.17. The first-order valence-electron chi connectivity index (χ1n) is 5.19. The molecule has 0 bridgehead atoms. The molecular weight excluding hydrogens is 216 g/mol. The predicted molar refractivity (Wildman–Crippen MR) is 65.0 cm³/mol. The number of carbonyl (C=O) groups is 1. The average Bonchev–Trinajstić information content (AvgIpc) is 2.33. The number of aryl methyl sites for hydroxylation is 1. The summed E-state index contributed by atoms with van der Waals surface area (Å²) in [5.41, 5.74) is 1.61. The zero-order valence-corrected chi connectivity index (χ0v) is 9.34. The smallest absolute Gasteiger partial charge is 0.256 e. The molecule has 86 valence electrons. The number of nitrogens with one attached hydrogen (secondary N) is 1. The van der Waals surface area contributed by atoms with Crippen molar-refractivity contribution in [2.45, 2.75) is 6.92 Å². The lowest BCUT2D eigenvalue weighted by Gasteiger charge is -2.05. The number of carbonyl (C=O) groups excluding carboxylic acids is 1. The van der Waals surface area contributed by atoms with E-state index in [1.807, 2.05) is 19.1 Å². The molecule has 0 spiro atoms. The van der Waals surface area contributed by atoms with E-state index >= 15 is 0 Å². The van der Waals surface area contributed by atoms with Gasteiger partial charge in [0.05, 0.1) is 0 Å². The maximum Gasteiger partial charge on any atom is 0.256 e. The van der Waals surface area contributed by atoms with Crippen LogP contribution in [0.25, 0.3) is 0 Å². The van der Waals surface area contributed by atoms with Crippen molar-refractivity contribution in [3.63, 3.8) is 0 Å². The fraction of sp³-hybridized carbons (Fsp3) is 0.0769. The minimum Gasteiger partial charge on any atom is -0.504 e. The molecule has 0 atom stereocenters. The maximum atomic E-state index is 11.8. The van der Waals surface area contributed by atoms with Crippen molar-refractivity contribution in [3.8, 4) is 5.75 Å². The van der Waals surface area contributed by atoms with E-state index < -0.39 is 0 Å². The predicted octanol–water partition coefficient (Wildman–Crippen LogP) is 2.35. The molecule has 1 amide bonds. The largest absolute Gasteiger partial charge is 0.504 e. The van der Waals surface area contributed by atoms with Crippen molar-refractivity contribution in [2.24, 2.45) is 0 Å². The molecule has 0 unspecified atom stereocenters. The first-order chi connectivity index (χ1) is 8.16. The van der Waals surface area contributed by atoms with Crippen LogP contribution >= 0.6 is 0 Å². The van der Waals surface area contributed by atoms with E-state index in [-0.39, 0.29) is 17.5 Å². The summed E-state index contributed by atoms with van der Waals surface area (Å²) < 4.78 is 0. The van der Waals surface area contributed by atoms with Crippen LogP contribution in [0.3, 0.4) is 0 Å². The minimum absolute atomic E-state index is 0.0482. The molecule has 4 nitrogen and oxygen atoms in total. The van der Waals surface area contributed by atoms with Crippen molar-refractivity contribution < 1.29 is 9.90 Å². The molecule has 2 rings (SSSR count). The summed E-state index contributed by atoms with van der Waals surface area (Å²) in [7, 11) is 0. The van der Waals surface area contributed by atoms with Gasteiger partial charge in [-0.05, 0) is 31.2 Å². The molecule has 0 saturated carbocycles. The van der Waals surface area contributed by atoms with Crippen molar-refractivity contribution in [2.75, 3.05) is 5.32 Å². The molecule has 1 aromatic carbocycles. The van der Waals surface area contributed by atoms with Gasteiger partial charge in [0, 0.05) is 11.8 Å². The quantitative estimate of drug-likeness (QED) is 0.829. The van der Waals surface area contributed by atoms with Crippen LogP contribution in [0.1, 0.15) is 15.9 Å². The summed E-state index contributed by atoms with van der Waals surface area (Å²) in [5.74, 6) is -0.176. The Morgan fingerprint density at radius 1 is 1.24 bits per heavy atom. The molecule has 2 N–H and O–H groups in total. The first-order valence-corrected chi connectivity index (χ1v) is 5.19. The number of hydrogen-bond acceptors (Lipinski definition) is 3. The van der Waals surface area contributed by atoms with Gasteiger partial charge in [0.2, 0.25) is 0 Å². The highest BCUT2D eigenvalue weighted by molar-refractivity contribution is 6.04. The summed E-state index contributed by atoms with van der Waals surface area (Å²) >= 11 is 0. The molecule has 1 aromatic heterocycles. The lowest BCUT2D eigenvalue weighted by molar-refractivity contribution is 0.102. The van der Waals surface area contributed by atoms with E-state index in [9.17, 15) is 9.90 Å². The van der Waals surface area contributed by atoms with Gasteiger partial charge in [-0.2, -0.15) is 0 Å². The first kappa shape index (κ1) is 11.1. The highest BCUT2D eigenvalue weighted by Gasteiger charge is 2.08. The van der Waals surface area contributed by atoms with Gasteiger partial charge in [-0.1, -0.05) is 17.7 Å². The van der Waals surface area contributed by atoms with Crippen LogP contribution in [0.4, 0.5) is 5.82 Å². The molecule has 0 saturated heterocycles.